The average molecular weight is 791 g/mol. The van der Waals surface area contributed by atoms with Crippen molar-refractivity contribution in [3.63, 3.8) is 0 Å². The SMILES string of the molecule is c1ccc(-c2c3ccccc3c(-c3cccc(-c4sc5c(-c6ccccc6)c(-c6ccc7ccccc7c6)c6ccccc6c5c4-c4ccccc4)c3)c3ccccc23)cc1. The van der Waals surface area contributed by atoms with Crippen LogP contribution in [-0.4, -0.2) is 0 Å². The van der Waals surface area contributed by atoms with Crippen LogP contribution in [0.2, 0.25) is 0 Å². The molecule has 0 aliphatic heterocycles. The van der Waals surface area contributed by atoms with Gasteiger partial charge in [0.25, 0.3) is 0 Å². The van der Waals surface area contributed by atoms with Gasteiger partial charge >= 0.3 is 0 Å². The Kier molecular flexibility index (Phi) is 8.47. The lowest BCUT2D eigenvalue weighted by molar-refractivity contribution is 1.64. The standard InChI is InChI=1S/C60H38S/c1-4-20-40(21-5-1)53-47-29-12-14-31-49(47)54(50-32-15-13-30-48(50)53)44-27-18-28-46(38-44)59-57(42-24-8-3-9-25-42)58-52-34-17-16-33-51(52)55(45-36-35-39-19-10-11-26-43(39)37-45)56(60(58)61-59)41-22-6-2-7-23-41/h1-38H. The van der Waals surface area contributed by atoms with Crippen LogP contribution in [0.4, 0.5) is 0 Å². The summed E-state index contributed by atoms with van der Waals surface area (Å²) < 4.78 is 1.30. The summed E-state index contributed by atoms with van der Waals surface area (Å²) in [7, 11) is 0. The van der Waals surface area contributed by atoms with Crippen molar-refractivity contribution in [3.8, 4) is 66.1 Å². The largest absolute Gasteiger partial charge is 0.134 e. The summed E-state index contributed by atoms with van der Waals surface area (Å²) >= 11 is 1.93. The molecule has 0 aliphatic rings. The van der Waals surface area contributed by atoms with E-state index < -0.39 is 0 Å². The van der Waals surface area contributed by atoms with Crippen molar-refractivity contribution in [2.45, 2.75) is 0 Å². The van der Waals surface area contributed by atoms with E-state index in [0.717, 1.165) is 0 Å². The molecule has 0 unspecified atom stereocenters. The van der Waals surface area contributed by atoms with E-state index in [1.165, 1.54) is 119 Å². The van der Waals surface area contributed by atoms with Crippen LogP contribution in [0, 0.1) is 0 Å². The first-order chi connectivity index (χ1) is 30.3. The number of hydrogen-bond donors (Lipinski definition) is 0. The van der Waals surface area contributed by atoms with Gasteiger partial charge in [0.1, 0.15) is 0 Å². The quantitative estimate of drug-likeness (QED) is 0.147. The molecule has 0 aliphatic carbocycles. The predicted molar refractivity (Wildman–Crippen MR) is 264 cm³/mol. The Bertz CT molecular complexity index is 3560. The van der Waals surface area contributed by atoms with Crippen LogP contribution in [0.1, 0.15) is 0 Å². The van der Waals surface area contributed by atoms with Crippen molar-refractivity contribution in [2.24, 2.45) is 0 Å². The molecule has 12 rings (SSSR count). The molecule has 1 heterocycles. The first kappa shape index (κ1) is 35.4. The topological polar surface area (TPSA) is 0 Å². The molecule has 0 atom stereocenters. The van der Waals surface area contributed by atoms with Crippen LogP contribution < -0.4 is 0 Å². The minimum Gasteiger partial charge on any atom is -0.134 e. The second-order valence-electron chi connectivity index (χ2n) is 15.9. The molecule has 0 fully saturated rings. The fourth-order valence-corrected chi connectivity index (χ4v) is 11.2. The maximum Gasteiger partial charge on any atom is 0.0446 e. The molecule has 284 valence electrons. The zero-order valence-corrected chi connectivity index (χ0v) is 34.2. The van der Waals surface area contributed by atoms with Gasteiger partial charge in [0, 0.05) is 26.1 Å². The Morgan fingerprint density at radius 2 is 0.639 bits per heavy atom. The molecular formula is C60H38S. The monoisotopic (exact) mass is 790 g/mol. The molecule has 1 aromatic heterocycles. The van der Waals surface area contributed by atoms with Gasteiger partial charge in [-0.15, -0.1) is 11.3 Å². The van der Waals surface area contributed by atoms with Crippen molar-refractivity contribution in [2.75, 3.05) is 0 Å². The van der Waals surface area contributed by atoms with Gasteiger partial charge < -0.3 is 0 Å². The molecule has 0 spiro atoms. The Balaban J connectivity index is 1.18. The van der Waals surface area contributed by atoms with Crippen LogP contribution in [0.25, 0.3) is 119 Å². The second kappa shape index (κ2) is 14.6. The molecular weight excluding hydrogens is 753 g/mol. The molecule has 0 bridgehead atoms. The zero-order chi connectivity index (χ0) is 40.3. The van der Waals surface area contributed by atoms with E-state index in [2.05, 4.69) is 231 Å². The number of rotatable bonds is 6. The first-order valence-corrected chi connectivity index (χ1v) is 21.8. The van der Waals surface area contributed by atoms with Gasteiger partial charge in [0.05, 0.1) is 0 Å². The van der Waals surface area contributed by atoms with Crippen molar-refractivity contribution >= 4 is 64.5 Å². The highest BCUT2D eigenvalue weighted by atomic mass is 32.1. The molecule has 0 radical (unpaired) electrons. The molecule has 11 aromatic carbocycles. The first-order valence-electron chi connectivity index (χ1n) is 21.0. The Labute approximate surface area is 359 Å². The van der Waals surface area contributed by atoms with Gasteiger partial charge in [0.2, 0.25) is 0 Å². The Morgan fingerprint density at radius 3 is 1.23 bits per heavy atom. The number of benzene rings is 11. The molecule has 0 amide bonds. The molecule has 0 saturated carbocycles. The lowest BCUT2D eigenvalue weighted by Gasteiger charge is -2.18. The maximum atomic E-state index is 2.45. The smallest absolute Gasteiger partial charge is 0.0446 e. The van der Waals surface area contributed by atoms with E-state index >= 15 is 0 Å². The van der Waals surface area contributed by atoms with Crippen molar-refractivity contribution < 1.29 is 0 Å². The number of thiophene rings is 1. The average Bonchev–Trinajstić information content (AvgIpc) is 3.74. The fourth-order valence-electron chi connectivity index (χ4n) is 9.81. The lowest BCUT2D eigenvalue weighted by atomic mass is 9.84. The van der Waals surface area contributed by atoms with E-state index in [1.54, 1.807) is 0 Å². The molecule has 1 heteroatoms. The summed E-state index contributed by atoms with van der Waals surface area (Å²) in [5.41, 5.74) is 13.7. The highest BCUT2D eigenvalue weighted by Gasteiger charge is 2.26. The van der Waals surface area contributed by atoms with Crippen LogP contribution in [0.15, 0.2) is 231 Å². The Hall–Kier alpha value is -7.58. The van der Waals surface area contributed by atoms with Gasteiger partial charge in [-0.25, -0.2) is 0 Å². The Morgan fingerprint density at radius 1 is 0.230 bits per heavy atom. The van der Waals surface area contributed by atoms with Crippen LogP contribution >= 0.6 is 11.3 Å². The zero-order valence-electron chi connectivity index (χ0n) is 33.3. The molecule has 0 N–H and O–H groups in total. The predicted octanol–water partition coefficient (Wildman–Crippen LogP) is 17.5. The maximum absolute atomic E-state index is 2.45. The lowest BCUT2D eigenvalue weighted by Crippen LogP contribution is -1.91. The van der Waals surface area contributed by atoms with E-state index in [1.807, 2.05) is 11.3 Å². The van der Waals surface area contributed by atoms with Gasteiger partial charge in [-0.2, -0.15) is 0 Å². The van der Waals surface area contributed by atoms with Crippen molar-refractivity contribution in [1.29, 1.82) is 0 Å². The van der Waals surface area contributed by atoms with Crippen LogP contribution in [0.3, 0.4) is 0 Å². The van der Waals surface area contributed by atoms with Gasteiger partial charge in [-0.05, 0) is 105 Å². The van der Waals surface area contributed by atoms with E-state index in [9.17, 15) is 0 Å². The van der Waals surface area contributed by atoms with Gasteiger partial charge in [0.15, 0.2) is 0 Å². The highest BCUT2D eigenvalue weighted by molar-refractivity contribution is 7.24. The summed E-state index contributed by atoms with van der Waals surface area (Å²) in [6.07, 6.45) is 0. The highest BCUT2D eigenvalue weighted by Crippen LogP contribution is 2.55. The van der Waals surface area contributed by atoms with Crippen LogP contribution in [0.5, 0.6) is 0 Å². The summed E-state index contributed by atoms with van der Waals surface area (Å²) in [6, 6.07) is 84.9. The normalized spacial score (nSPS) is 11.6. The third-order valence-corrected chi connectivity index (χ3v) is 13.7. The number of fused-ring (bicyclic) bond motifs is 6. The minimum atomic E-state index is 1.21. The summed E-state index contributed by atoms with van der Waals surface area (Å²) in [5, 5.41) is 11.4. The van der Waals surface area contributed by atoms with E-state index in [0.29, 0.717) is 0 Å². The molecule has 12 aromatic rings. The van der Waals surface area contributed by atoms with E-state index in [4.69, 9.17) is 0 Å². The summed E-state index contributed by atoms with van der Waals surface area (Å²) in [6.45, 7) is 0. The van der Waals surface area contributed by atoms with Gasteiger partial charge in [-0.1, -0.05) is 218 Å². The van der Waals surface area contributed by atoms with Crippen LogP contribution in [-0.2, 0) is 0 Å². The summed E-state index contributed by atoms with van der Waals surface area (Å²) in [4.78, 5) is 1.27. The molecule has 61 heavy (non-hydrogen) atoms. The minimum absolute atomic E-state index is 1.21. The van der Waals surface area contributed by atoms with Crippen molar-refractivity contribution in [3.05, 3.63) is 231 Å². The second-order valence-corrected chi connectivity index (χ2v) is 16.9. The molecule has 0 nitrogen and oxygen atoms in total. The summed E-state index contributed by atoms with van der Waals surface area (Å²) in [5.74, 6) is 0. The van der Waals surface area contributed by atoms with Crippen molar-refractivity contribution in [1.82, 2.24) is 0 Å². The third-order valence-electron chi connectivity index (χ3n) is 12.4. The third kappa shape index (κ3) is 5.81. The van der Waals surface area contributed by atoms with Gasteiger partial charge in [-0.3, -0.25) is 0 Å². The molecule has 0 saturated heterocycles. The van der Waals surface area contributed by atoms with E-state index in [-0.39, 0.29) is 0 Å². The fraction of sp³-hybridized carbons (Fsp3) is 0. The number of hydrogen-bond acceptors (Lipinski definition) is 1.